The number of benzene rings is 3. The van der Waals surface area contributed by atoms with E-state index in [0.717, 1.165) is 5.56 Å². The third-order valence-electron chi connectivity index (χ3n) is 6.14. The number of carboxylic acids is 1. The maximum Gasteiger partial charge on any atom is 1.00 e. The molecule has 0 spiro atoms. The Hall–Kier alpha value is -2.83. The Bertz CT molecular complexity index is 1460. The normalized spacial score (nSPS) is 14.5. The standard InChI is InChI=1S/C29H26ClN3O6.K/c1-18(34)22-13-10-20(30)17-25(22)33-28(39-2)16-15-27(36)32(33)21-11-7-19(8-12-21)9-14-26(35)31-24-6-4-3-5-23(24)29(37)38;/h3-8,10-13,15-17,28H,9,14H2,1-2H3,(H,31,35)(H,37,38);/q;+1/p-1. The zero-order valence-corrected chi connectivity index (χ0v) is 26.1. The number of aryl methyl sites for hydroxylation is 1. The number of ketones is 1. The maximum absolute atomic E-state index is 13.1. The minimum Gasteiger partial charge on any atom is -0.545 e. The number of hydrogen-bond acceptors (Lipinski definition) is 7. The van der Waals surface area contributed by atoms with Crippen molar-refractivity contribution < 1.29 is 80.4 Å². The summed E-state index contributed by atoms with van der Waals surface area (Å²) in [7, 11) is 1.49. The fraction of sp³-hybridized carbons (Fsp3) is 0.172. The summed E-state index contributed by atoms with van der Waals surface area (Å²) in [5.41, 5.74) is 2.20. The van der Waals surface area contributed by atoms with E-state index in [1.54, 1.807) is 65.7 Å². The Kier molecular flexibility index (Phi) is 11.2. The summed E-state index contributed by atoms with van der Waals surface area (Å²) >= 11 is 6.25. The fourth-order valence-corrected chi connectivity index (χ4v) is 4.41. The second kappa shape index (κ2) is 14.2. The number of methoxy groups -OCH3 is 1. The summed E-state index contributed by atoms with van der Waals surface area (Å²) in [5.74, 6) is -2.27. The van der Waals surface area contributed by atoms with Crippen molar-refractivity contribution in [2.75, 3.05) is 22.4 Å². The molecule has 40 heavy (non-hydrogen) atoms. The number of nitrogens with zero attached hydrogens (tertiary/aromatic N) is 2. The molecular formula is C29H25ClKN3O6. The van der Waals surface area contributed by atoms with E-state index in [2.05, 4.69) is 5.32 Å². The first kappa shape index (κ1) is 31.7. The number of carboxylic acid groups (broad SMARTS) is 1. The minimum atomic E-state index is -1.37. The molecule has 1 heterocycles. The summed E-state index contributed by atoms with van der Waals surface area (Å²) in [6.45, 7) is 1.43. The first-order valence-electron chi connectivity index (χ1n) is 12.0. The van der Waals surface area contributed by atoms with Gasteiger partial charge in [-0.05, 0) is 61.4 Å². The summed E-state index contributed by atoms with van der Waals surface area (Å²) in [6.07, 6.45) is 2.78. The molecule has 11 heteroatoms. The molecule has 0 aromatic heterocycles. The number of carbonyl (C=O) groups is 4. The van der Waals surface area contributed by atoms with Crippen LogP contribution in [0.2, 0.25) is 5.02 Å². The van der Waals surface area contributed by atoms with Gasteiger partial charge in [-0.1, -0.05) is 41.9 Å². The monoisotopic (exact) mass is 585 g/mol. The van der Waals surface area contributed by atoms with E-state index >= 15 is 0 Å². The number of nitrogens with one attached hydrogen (secondary N) is 1. The zero-order chi connectivity index (χ0) is 28.1. The van der Waals surface area contributed by atoms with Gasteiger partial charge in [-0.25, -0.2) is 10.0 Å². The number of anilines is 3. The molecule has 1 N–H and O–H groups in total. The third kappa shape index (κ3) is 7.27. The number of carbonyl (C=O) groups excluding carboxylic acids is 4. The Labute approximate surface area is 279 Å². The van der Waals surface area contributed by atoms with Crippen LogP contribution in [0.5, 0.6) is 0 Å². The molecule has 1 aliphatic rings. The van der Waals surface area contributed by atoms with Crippen LogP contribution in [0, 0.1) is 0 Å². The van der Waals surface area contributed by atoms with E-state index in [9.17, 15) is 24.3 Å². The van der Waals surface area contributed by atoms with Gasteiger partial charge in [-0.3, -0.25) is 14.4 Å². The number of hydrazine groups is 1. The van der Waals surface area contributed by atoms with E-state index in [1.807, 2.05) is 0 Å². The van der Waals surface area contributed by atoms with Gasteiger partial charge in [0.2, 0.25) is 5.91 Å². The van der Waals surface area contributed by atoms with Crippen LogP contribution < -0.4 is 71.8 Å². The molecule has 1 atom stereocenters. The second-order valence-electron chi connectivity index (χ2n) is 8.75. The Morgan fingerprint density at radius 2 is 1.73 bits per heavy atom. The number of amides is 2. The van der Waals surface area contributed by atoms with E-state index in [0.29, 0.717) is 28.4 Å². The average molecular weight is 586 g/mol. The predicted octanol–water partition coefficient (Wildman–Crippen LogP) is 0.778. The molecular weight excluding hydrogens is 561 g/mol. The third-order valence-corrected chi connectivity index (χ3v) is 6.37. The SMILES string of the molecule is COC1C=CC(=O)N(c2ccc(CCC(=O)Nc3ccccc3C(=O)[O-])cc2)N1c1cc(Cl)ccc1C(C)=O.[K+]. The summed E-state index contributed by atoms with van der Waals surface area (Å²) in [6, 6.07) is 17.9. The van der Waals surface area contributed by atoms with Gasteiger partial charge in [0.1, 0.15) is 0 Å². The molecule has 2 amide bonds. The van der Waals surface area contributed by atoms with Gasteiger partial charge in [0.25, 0.3) is 5.91 Å². The van der Waals surface area contributed by atoms with Crippen molar-refractivity contribution in [3.8, 4) is 0 Å². The molecule has 200 valence electrons. The largest absolute Gasteiger partial charge is 1.00 e. The minimum absolute atomic E-state index is 0. The molecule has 0 fully saturated rings. The molecule has 3 aromatic rings. The first-order chi connectivity index (χ1) is 18.7. The van der Waals surface area contributed by atoms with E-state index in [4.69, 9.17) is 16.3 Å². The number of Topliss-reactive ketones (excluding diaryl/α,β-unsaturated/α-hetero) is 1. The van der Waals surface area contributed by atoms with Crippen LogP contribution in [0.15, 0.2) is 78.9 Å². The molecule has 0 bridgehead atoms. The van der Waals surface area contributed by atoms with Crippen LogP contribution in [0.1, 0.15) is 39.6 Å². The second-order valence-corrected chi connectivity index (χ2v) is 9.18. The van der Waals surface area contributed by atoms with Gasteiger partial charge in [-0.2, -0.15) is 0 Å². The molecule has 9 nitrogen and oxygen atoms in total. The van der Waals surface area contributed by atoms with Crippen LogP contribution in [0.3, 0.4) is 0 Å². The number of rotatable bonds is 9. The van der Waals surface area contributed by atoms with Crippen LogP contribution in [-0.2, 0) is 20.7 Å². The molecule has 1 unspecified atom stereocenters. The number of para-hydroxylation sites is 1. The Morgan fingerprint density at radius 3 is 2.38 bits per heavy atom. The average Bonchev–Trinajstić information content (AvgIpc) is 2.92. The van der Waals surface area contributed by atoms with Gasteiger partial charge < -0.3 is 20.0 Å². The number of ether oxygens (including phenoxy) is 1. The Morgan fingerprint density at radius 1 is 1.02 bits per heavy atom. The van der Waals surface area contributed by atoms with Crippen molar-refractivity contribution in [3.63, 3.8) is 0 Å². The molecule has 0 aliphatic carbocycles. The summed E-state index contributed by atoms with van der Waals surface area (Å²) in [5, 5.41) is 17.2. The van der Waals surface area contributed by atoms with E-state index < -0.39 is 12.2 Å². The zero-order valence-electron chi connectivity index (χ0n) is 22.2. The van der Waals surface area contributed by atoms with Crippen LogP contribution in [-0.4, -0.2) is 36.9 Å². The molecule has 0 saturated carbocycles. The predicted molar refractivity (Wildman–Crippen MR) is 146 cm³/mol. The number of halogens is 1. The molecule has 0 radical (unpaired) electrons. The van der Waals surface area contributed by atoms with Crippen LogP contribution >= 0.6 is 11.6 Å². The molecule has 3 aromatic carbocycles. The van der Waals surface area contributed by atoms with Gasteiger partial charge in [0.15, 0.2) is 12.0 Å². The fourth-order valence-electron chi connectivity index (χ4n) is 4.25. The van der Waals surface area contributed by atoms with E-state index in [-0.39, 0.29) is 86.7 Å². The molecule has 1 aliphatic heterocycles. The van der Waals surface area contributed by atoms with E-state index in [1.165, 1.54) is 37.3 Å². The number of aromatic carboxylic acids is 1. The molecule has 4 rings (SSSR count). The van der Waals surface area contributed by atoms with Crippen molar-refractivity contribution in [2.45, 2.75) is 26.0 Å². The molecule has 0 saturated heterocycles. The van der Waals surface area contributed by atoms with Crippen molar-refractivity contribution in [3.05, 3.63) is 101 Å². The van der Waals surface area contributed by atoms with Crippen molar-refractivity contribution in [2.24, 2.45) is 0 Å². The van der Waals surface area contributed by atoms with Crippen LogP contribution in [0.25, 0.3) is 0 Å². The van der Waals surface area contributed by atoms with Gasteiger partial charge in [-0.15, -0.1) is 0 Å². The quantitative estimate of drug-likeness (QED) is 0.291. The topological polar surface area (TPSA) is 119 Å². The maximum atomic E-state index is 13.1. The summed E-state index contributed by atoms with van der Waals surface area (Å²) < 4.78 is 5.60. The van der Waals surface area contributed by atoms with Gasteiger partial charge in [0.05, 0.1) is 17.3 Å². The smallest absolute Gasteiger partial charge is 0.545 e. The number of hydrogen-bond donors (Lipinski definition) is 1. The van der Waals surface area contributed by atoms with Gasteiger partial charge in [0, 0.05) is 41.4 Å². The van der Waals surface area contributed by atoms with Crippen molar-refractivity contribution >= 4 is 52.2 Å². The first-order valence-corrected chi connectivity index (χ1v) is 12.4. The van der Waals surface area contributed by atoms with Crippen molar-refractivity contribution in [1.82, 2.24) is 0 Å². The van der Waals surface area contributed by atoms with Crippen molar-refractivity contribution in [1.29, 1.82) is 0 Å². The summed E-state index contributed by atoms with van der Waals surface area (Å²) in [4.78, 5) is 49.2. The Balaban J connectivity index is 0.00000441. The van der Waals surface area contributed by atoms with Crippen LogP contribution in [0.4, 0.5) is 17.1 Å². The van der Waals surface area contributed by atoms with Gasteiger partial charge >= 0.3 is 51.4 Å².